The zero-order valence-electron chi connectivity index (χ0n) is 26.4. The Bertz CT molecular complexity index is 1220. The number of para-hydroxylation sites is 1. The van der Waals surface area contributed by atoms with Gasteiger partial charge in [-0.3, -0.25) is 9.59 Å². The molecule has 11 heteroatoms. The lowest BCUT2D eigenvalue weighted by Crippen LogP contribution is -2.57. The monoisotopic (exact) mass is 585 g/mol. The molecule has 0 bridgehead atoms. The minimum atomic E-state index is -0.704. The maximum absolute atomic E-state index is 14.4. The number of likely N-dealkylation sites (tertiary alicyclic amines) is 1. The molecule has 0 unspecified atom stereocenters. The van der Waals surface area contributed by atoms with Gasteiger partial charge in [0.25, 0.3) is 5.91 Å². The molecule has 1 aromatic heterocycles. The lowest BCUT2D eigenvalue weighted by Gasteiger charge is -2.42. The van der Waals surface area contributed by atoms with Gasteiger partial charge in [0.15, 0.2) is 5.69 Å². The van der Waals surface area contributed by atoms with E-state index in [2.05, 4.69) is 10.3 Å². The second-order valence-corrected chi connectivity index (χ2v) is 12.4. The summed E-state index contributed by atoms with van der Waals surface area (Å²) < 4.78 is 17.7. The van der Waals surface area contributed by atoms with Gasteiger partial charge in [0.2, 0.25) is 0 Å². The van der Waals surface area contributed by atoms with Crippen LogP contribution in [0.2, 0.25) is 0 Å². The van der Waals surface area contributed by atoms with Crippen molar-refractivity contribution in [3.8, 4) is 5.69 Å². The average molecular weight is 586 g/mol. The largest absolute Gasteiger partial charge is 0.469 e. The van der Waals surface area contributed by atoms with E-state index in [0.717, 1.165) is 29.8 Å². The Labute approximate surface area is 249 Å². The molecule has 1 fully saturated rings. The number of hydrogen-bond acceptors (Lipinski definition) is 8. The maximum Gasteiger partial charge on any atom is 0.410 e. The van der Waals surface area contributed by atoms with E-state index in [1.807, 2.05) is 45.0 Å². The molecule has 11 nitrogen and oxygen atoms in total. The van der Waals surface area contributed by atoms with Crippen LogP contribution in [0.3, 0.4) is 0 Å². The van der Waals surface area contributed by atoms with Gasteiger partial charge in [0.1, 0.15) is 5.60 Å². The average Bonchev–Trinajstić information content (AvgIpc) is 3.35. The third kappa shape index (κ3) is 8.53. The fourth-order valence-electron chi connectivity index (χ4n) is 5.26. The lowest BCUT2D eigenvalue weighted by atomic mass is 9.92. The summed E-state index contributed by atoms with van der Waals surface area (Å²) >= 11 is 0. The summed E-state index contributed by atoms with van der Waals surface area (Å²) in [6.45, 7) is 12.9. The Morgan fingerprint density at radius 2 is 1.81 bits per heavy atom. The summed E-state index contributed by atoms with van der Waals surface area (Å²) in [5, 5.41) is 8.87. The molecule has 0 aliphatic carbocycles. The summed E-state index contributed by atoms with van der Waals surface area (Å²) in [6.07, 6.45) is 2.04. The molecule has 42 heavy (non-hydrogen) atoms. The molecular weight excluding hydrogens is 538 g/mol. The van der Waals surface area contributed by atoms with Gasteiger partial charge >= 0.3 is 12.1 Å². The Hall–Kier alpha value is -3.47. The van der Waals surface area contributed by atoms with Crippen molar-refractivity contribution in [2.24, 2.45) is 11.8 Å². The summed E-state index contributed by atoms with van der Waals surface area (Å²) in [7, 11) is 3.00. The number of esters is 1. The second kappa shape index (κ2) is 14.6. The van der Waals surface area contributed by atoms with Crippen molar-refractivity contribution in [1.82, 2.24) is 24.8 Å². The number of aryl methyl sites for hydroxylation is 1. The number of benzene rings is 1. The van der Waals surface area contributed by atoms with Crippen LogP contribution in [0.1, 0.15) is 75.6 Å². The molecule has 3 rings (SSSR count). The first-order valence-electron chi connectivity index (χ1n) is 14.7. The van der Waals surface area contributed by atoms with Gasteiger partial charge in [0.05, 0.1) is 30.5 Å². The highest BCUT2D eigenvalue weighted by Crippen LogP contribution is 2.27. The van der Waals surface area contributed by atoms with Crippen LogP contribution in [0, 0.1) is 18.8 Å². The molecule has 0 radical (unpaired) electrons. The van der Waals surface area contributed by atoms with E-state index >= 15 is 0 Å². The normalized spacial score (nSPS) is 17.3. The quantitative estimate of drug-likeness (QED) is 0.281. The number of rotatable bonds is 11. The number of aromatic nitrogens is 3. The van der Waals surface area contributed by atoms with Crippen molar-refractivity contribution in [2.45, 2.75) is 78.9 Å². The van der Waals surface area contributed by atoms with E-state index in [-0.39, 0.29) is 30.6 Å². The highest BCUT2D eigenvalue weighted by molar-refractivity contribution is 5.94. The number of ether oxygens (including phenoxy) is 3. The highest BCUT2D eigenvalue weighted by Gasteiger charge is 2.41. The molecule has 2 aromatic rings. The van der Waals surface area contributed by atoms with E-state index in [9.17, 15) is 14.4 Å². The number of unbranched alkanes of at least 4 members (excludes halogenated alkanes) is 1. The SMILES string of the molecule is COCCCCc1c(C(=O)N(CC(C)C)[C@H]2C[C@@H](C(=O)OC)CN(C(=O)OC(C)(C)C)C2)nnn1-c1ccccc1C. The Morgan fingerprint density at radius 1 is 1.10 bits per heavy atom. The number of hydrogen-bond donors (Lipinski definition) is 0. The van der Waals surface area contributed by atoms with Gasteiger partial charge in [-0.1, -0.05) is 37.3 Å². The standard InChI is InChI=1S/C31H47N5O6/c1-21(2)18-35(24-17-23(29(38)41-8)19-34(20-24)30(39)42-31(4,5)6)28(37)27-26(15-11-12-16-40-7)36(33-32-27)25-14-10-9-13-22(25)3/h9-10,13-14,21,23-24H,11-12,15-20H2,1-8H3/t23-,24+/m1/s1. The summed E-state index contributed by atoms with van der Waals surface area (Å²) in [5.41, 5.74) is 2.17. The predicted molar refractivity (Wildman–Crippen MR) is 159 cm³/mol. The minimum absolute atomic E-state index is 0.124. The molecule has 1 saturated heterocycles. The topological polar surface area (TPSA) is 116 Å². The van der Waals surface area contributed by atoms with E-state index in [1.165, 1.54) is 12.0 Å². The van der Waals surface area contributed by atoms with Crippen LogP contribution in [-0.4, -0.2) is 94.9 Å². The van der Waals surface area contributed by atoms with E-state index in [1.54, 1.807) is 37.5 Å². The molecule has 2 amide bonds. The Morgan fingerprint density at radius 3 is 2.43 bits per heavy atom. The van der Waals surface area contributed by atoms with Gasteiger partial charge in [-0.05, 0) is 70.9 Å². The molecule has 1 aliphatic heterocycles. The second-order valence-electron chi connectivity index (χ2n) is 12.4. The molecule has 0 N–H and O–H groups in total. The smallest absolute Gasteiger partial charge is 0.410 e. The van der Waals surface area contributed by atoms with Crippen molar-refractivity contribution in [3.63, 3.8) is 0 Å². The fraction of sp³-hybridized carbons (Fsp3) is 0.645. The van der Waals surface area contributed by atoms with E-state index in [0.29, 0.717) is 26.0 Å². The van der Waals surface area contributed by atoms with E-state index < -0.39 is 29.6 Å². The van der Waals surface area contributed by atoms with Crippen LogP contribution < -0.4 is 0 Å². The molecule has 1 aliphatic rings. The van der Waals surface area contributed by atoms with Crippen LogP contribution in [0.4, 0.5) is 4.79 Å². The first-order valence-corrected chi connectivity index (χ1v) is 14.7. The number of methoxy groups -OCH3 is 2. The fourth-order valence-corrected chi connectivity index (χ4v) is 5.26. The van der Waals surface area contributed by atoms with Crippen LogP contribution >= 0.6 is 0 Å². The Balaban J connectivity index is 2.02. The number of piperidine rings is 1. The molecule has 1 aromatic carbocycles. The van der Waals surface area contributed by atoms with Crippen molar-refractivity contribution in [2.75, 3.05) is 40.5 Å². The van der Waals surface area contributed by atoms with Crippen LogP contribution in [0.5, 0.6) is 0 Å². The van der Waals surface area contributed by atoms with Gasteiger partial charge in [0, 0.05) is 33.4 Å². The molecule has 0 saturated carbocycles. The number of carbonyl (C=O) groups is 3. The molecular formula is C31H47N5O6. The number of amides is 2. The van der Waals surface area contributed by atoms with Crippen molar-refractivity contribution >= 4 is 18.0 Å². The third-order valence-electron chi connectivity index (χ3n) is 7.20. The Kier molecular flexibility index (Phi) is 11.5. The lowest BCUT2D eigenvalue weighted by molar-refractivity contribution is -0.148. The van der Waals surface area contributed by atoms with E-state index in [4.69, 9.17) is 14.2 Å². The number of carbonyl (C=O) groups excluding carboxylic acids is 3. The summed E-state index contributed by atoms with van der Waals surface area (Å²) in [6, 6.07) is 7.41. The summed E-state index contributed by atoms with van der Waals surface area (Å²) in [5.74, 6) is -1.17. The summed E-state index contributed by atoms with van der Waals surface area (Å²) in [4.78, 5) is 43.5. The molecule has 0 spiro atoms. The third-order valence-corrected chi connectivity index (χ3v) is 7.20. The zero-order chi connectivity index (χ0) is 31.0. The van der Waals surface area contributed by atoms with Crippen LogP contribution in [0.25, 0.3) is 5.69 Å². The molecule has 2 atom stereocenters. The van der Waals surface area contributed by atoms with Crippen LogP contribution in [-0.2, 0) is 25.4 Å². The van der Waals surface area contributed by atoms with Crippen molar-refractivity contribution in [3.05, 3.63) is 41.2 Å². The molecule has 2 heterocycles. The zero-order valence-corrected chi connectivity index (χ0v) is 26.4. The van der Waals surface area contributed by atoms with Gasteiger partial charge in [-0.15, -0.1) is 5.10 Å². The minimum Gasteiger partial charge on any atom is -0.469 e. The maximum atomic E-state index is 14.4. The predicted octanol–water partition coefficient (Wildman–Crippen LogP) is 4.44. The van der Waals surface area contributed by atoms with Gasteiger partial charge in [-0.2, -0.15) is 0 Å². The van der Waals surface area contributed by atoms with Crippen molar-refractivity contribution < 1.29 is 28.6 Å². The van der Waals surface area contributed by atoms with Crippen LogP contribution in [0.15, 0.2) is 24.3 Å². The first kappa shape index (κ1) is 33.0. The van der Waals surface area contributed by atoms with Gasteiger partial charge < -0.3 is 24.0 Å². The molecule has 232 valence electrons. The highest BCUT2D eigenvalue weighted by atomic mass is 16.6. The van der Waals surface area contributed by atoms with Gasteiger partial charge in [-0.25, -0.2) is 9.48 Å². The first-order chi connectivity index (χ1) is 19.9. The van der Waals surface area contributed by atoms with Crippen molar-refractivity contribution in [1.29, 1.82) is 0 Å². The number of nitrogens with zero attached hydrogens (tertiary/aromatic N) is 5.